The molecule has 1 aliphatic heterocycles. The monoisotopic (exact) mass is 187 g/mol. The van der Waals surface area contributed by atoms with Crippen LogP contribution >= 0.6 is 11.6 Å². The molecule has 2 unspecified atom stereocenters. The third-order valence-electron chi connectivity index (χ3n) is 3.35. The van der Waals surface area contributed by atoms with Crippen LogP contribution in [-0.2, 0) is 0 Å². The van der Waals surface area contributed by atoms with Crippen molar-refractivity contribution in [2.75, 3.05) is 19.0 Å². The Morgan fingerprint density at radius 3 is 2.67 bits per heavy atom. The van der Waals surface area contributed by atoms with Crippen LogP contribution in [0.5, 0.6) is 0 Å². The number of rotatable bonds is 3. The Labute approximate surface area is 80.1 Å². The maximum atomic E-state index is 5.96. The summed E-state index contributed by atoms with van der Waals surface area (Å²) in [6, 6.07) is 0.673. The molecule has 0 radical (unpaired) electrons. The topological polar surface area (TPSA) is 3.24 Å². The molecular formula is C10H18ClN. The van der Waals surface area contributed by atoms with Gasteiger partial charge >= 0.3 is 0 Å². The minimum absolute atomic E-state index is 0.673. The molecule has 0 aromatic rings. The smallest absolute Gasteiger partial charge is 0.0382 e. The minimum Gasteiger partial charge on any atom is -0.299 e. The van der Waals surface area contributed by atoms with E-state index in [1.165, 1.54) is 32.4 Å². The molecule has 0 aromatic carbocycles. The van der Waals surface area contributed by atoms with Gasteiger partial charge in [-0.05, 0) is 37.6 Å². The molecule has 0 bridgehead atoms. The van der Waals surface area contributed by atoms with Crippen molar-refractivity contribution in [1.29, 1.82) is 0 Å². The van der Waals surface area contributed by atoms with E-state index in [1.54, 1.807) is 0 Å². The molecular weight excluding hydrogens is 170 g/mol. The van der Waals surface area contributed by atoms with Crippen LogP contribution in [0.1, 0.15) is 26.2 Å². The van der Waals surface area contributed by atoms with Gasteiger partial charge in [-0.2, -0.15) is 0 Å². The van der Waals surface area contributed by atoms with E-state index < -0.39 is 0 Å². The number of alkyl halides is 1. The second-order valence-electron chi connectivity index (χ2n) is 4.43. The van der Waals surface area contributed by atoms with E-state index >= 15 is 0 Å². The Bertz CT molecular complexity index is 156. The summed E-state index contributed by atoms with van der Waals surface area (Å²) in [6.07, 6.45) is 4.27. The highest BCUT2D eigenvalue weighted by atomic mass is 35.5. The van der Waals surface area contributed by atoms with Gasteiger partial charge in [0, 0.05) is 18.5 Å². The van der Waals surface area contributed by atoms with Gasteiger partial charge in [-0.3, -0.25) is 4.90 Å². The van der Waals surface area contributed by atoms with E-state index in [2.05, 4.69) is 11.8 Å². The molecule has 2 heteroatoms. The van der Waals surface area contributed by atoms with Crippen LogP contribution in [0.25, 0.3) is 0 Å². The fourth-order valence-corrected chi connectivity index (χ4v) is 2.70. The standard InChI is InChI=1S/C10H18ClN/c1-8-4-5-12(10(8)6-11)7-9-2-3-9/h8-10H,2-7H2,1H3. The maximum absolute atomic E-state index is 5.96. The van der Waals surface area contributed by atoms with Crippen molar-refractivity contribution >= 4 is 11.6 Å². The lowest BCUT2D eigenvalue weighted by molar-refractivity contribution is 0.240. The molecule has 12 heavy (non-hydrogen) atoms. The second kappa shape index (κ2) is 3.55. The number of likely N-dealkylation sites (tertiary alicyclic amines) is 1. The molecule has 1 heterocycles. The molecule has 1 aliphatic carbocycles. The van der Waals surface area contributed by atoms with Crippen LogP contribution in [0.3, 0.4) is 0 Å². The minimum atomic E-state index is 0.673. The molecule has 0 aromatic heterocycles. The van der Waals surface area contributed by atoms with E-state index in [0.717, 1.165) is 17.7 Å². The molecule has 2 aliphatic rings. The van der Waals surface area contributed by atoms with Gasteiger partial charge in [0.05, 0.1) is 0 Å². The number of hydrogen-bond donors (Lipinski definition) is 0. The lowest BCUT2D eigenvalue weighted by atomic mass is 10.1. The molecule has 1 nitrogen and oxygen atoms in total. The fraction of sp³-hybridized carbons (Fsp3) is 1.00. The van der Waals surface area contributed by atoms with Crippen LogP contribution in [0, 0.1) is 11.8 Å². The van der Waals surface area contributed by atoms with Crippen LogP contribution in [0.15, 0.2) is 0 Å². The molecule has 70 valence electrons. The lowest BCUT2D eigenvalue weighted by Gasteiger charge is -2.24. The lowest BCUT2D eigenvalue weighted by Crippen LogP contribution is -2.35. The average molecular weight is 188 g/mol. The van der Waals surface area contributed by atoms with Gasteiger partial charge < -0.3 is 0 Å². The van der Waals surface area contributed by atoms with Gasteiger partial charge in [0.1, 0.15) is 0 Å². The number of halogens is 1. The van der Waals surface area contributed by atoms with Gasteiger partial charge in [0.15, 0.2) is 0 Å². The Morgan fingerprint density at radius 1 is 1.33 bits per heavy atom. The zero-order valence-corrected chi connectivity index (χ0v) is 8.56. The summed E-state index contributed by atoms with van der Waals surface area (Å²) >= 11 is 5.96. The summed E-state index contributed by atoms with van der Waals surface area (Å²) in [4.78, 5) is 2.61. The fourth-order valence-electron chi connectivity index (χ4n) is 2.20. The van der Waals surface area contributed by atoms with Crippen molar-refractivity contribution in [2.45, 2.75) is 32.2 Å². The van der Waals surface area contributed by atoms with Crippen molar-refractivity contribution in [3.63, 3.8) is 0 Å². The third kappa shape index (κ3) is 1.77. The van der Waals surface area contributed by atoms with Gasteiger partial charge in [-0.15, -0.1) is 11.6 Å². The highest BCUT2D eigenvalue weighted by Gasteiger charge is 2.34. The van der Waals surface area contributed by atoms with Crippen LogP contribution in [0.4, 0.5) is 0 Å². The van der Waals surface area contributed by atoms with Crippen molar-refractivity contribution in [3.8, 4) is 0 Å². The molecule has 1 saturated carbocycles. The third-order valence-corrected chi connectivity index (χ3v) is 3.66. The van der Waals surface area contributed by atoms with Crippen molar-refractivity contribution in [2.24, 2.45) is 11.8 Å². The summed E-state index contributed by atoms with van der Waals surface area (Å²) < 4.78 is 0. The summed E-state index contributed by atoms with van der Waals surface area (Å²) in [5, 5.41) is 0. The highest BCUT2D eigenvalue weighted by molar-refractivity contribution is 6.18. The predicted molar refractivity (Wildman–Crippen MR) is 52.6 cm³/mol. The summed E-state index contributed by atoms with van der Waals surface area (Å²) in [7, 11) is 0. The molecule has 2 rings (SSSR count). The Balaban J connectivity index is 1.86. The molecule has 0 spiro atoms. The molecule has 2 atom stereocenters. The largest absolute Gasteiger partial charge is 0.299 e. The van der Waals surface area contributed by atoms with Crippen molar-refractivity contribution in [3.05, 3.63) is 0 Å². The Kier molecular flexibility index (Phi) is 2.61. The van der Waals surface area contributed by atoms with E-state index in [-0.39, 0.29) is 0 Å². The number of nitrogens with zero attached hydrogens (tertiary/aromatic N) is 1. The Hall–Kier alpha value is 0.250. The van der Waals surface area contributed by atoms with E-state index in [0.29, 0.717) is 6.04 Å². The van der Waals surface area contributed by atoms with E-state index in [1.807, 2.05) is 0 Å². The quantitative estimate of drug-likeness (QED) is 0.614. The van der Waals surface area contributed by atoms with Crippen LogP contribution < -0.4 is 0 Å². The van der Waals surface area contributed by atoms with Crippen molar-refractivity contribution in [1.82, 2.24) is 4.90 Å². The second-order valence-corrected chi connectivity index (χ2v) is 4.73. The van der Waals surface area contributed by atoms with E-state index in [9.17, 15) is 0 Å². The molecule has 2 fully saturated rings. The van der Waals surface area contributed by atoms with Crippen LogP contribution in [-0.4, -0.2) is 29.9 Å². The van der Waals surface area contributed by atoms with Gasteiger partial charge in [0.25, 0.3) is 0 Å². The van der Waals surface area contributed by atoms with Gasteiger partial charge in [-0.25, -0.2) is 0 Å². The first-order valence-electron chi connectivity index (χ1n) is 5.11. The first kappa shape index (κ1) is 8.83. The Morgan fingerprint density at radius 2 is 2.08 bits per heavy atom. The first-order chi connectivity index (χ1) is 5.81. The SMILES string of the molecule is CC1CCN(CC2CC2)C1CCl. The maximum Gasteiger partial charge on any atom is 0.0382 e. The predicted octanol–water partition coefficient (Wildman–Crippen LogP) is 2.35. The molecule has 0 amide bonds. The molecule has 0 N–H and O–H groups in total. The van der Waals surface area contributed by atoms with Crippen molar-refractivity contribution < 1.29 is 0 Å². The first-order valence-corrected chi connectivity index (χ1v) is 5.64. The molecule has 1 saturated heterocycles. The highest BCUT2D eigenvalue weighted by Crippen LogP contribution is 2.33. The zero-order valence-electron chi connectivity index (χ0n) is 7.80. The van der Waals surface area contributed by atoms with Gasteiger partial charge in [0.2, 0.25) is 0 Å². The van der Waals surface area contributed by atoms with Gasteiger partial charge in [-0.1, -0.05) is 6.92 Å². The summed E-state index contributed by atoms with van der Waals surface area (Å²) in [5.41, 5.74) is 0. The van der Waals surface area contributed by atoms with Crippen LogP contribution in [0.2, 0.25) is 0 Å². The average Bonchev–Trinajstić information content (AvgIpc) is 2.78. The number of hydrogen-bond acceptors (Lipinski definition) is 1. The normalized spacial score (nSPS) is 37.5. The zero-order chi connectivity index (χ0) is 8.55. The van der Waals surface area contributed by atoms with E-state index in [4.69, 9.17) is 11.6 Å². The summed E-state index contributed by atoms with van der Waals surface area (Å²) in [6.45, 7) is 4.94. The summed E-state index contributed by atoms with van der Waals surface area (Å²) in [5.74, 6) is 2.66.